The summed E-state index contributed by atoms with van der Waals surface area (Å²) in [6, 6.07) is 16.7. The normalized spacial score (nSPS) is 12.2. The lowest BCUT2D eigenvalue weighted by molar-refractivity contribution is -0.140. The van der Waals surface area contributed by atoms with E-state index in [1.807, 2.05) is 20.8 Å². The van der Waals surface area contributed by atoms with Crippen LogP contribution in [-0.4, -0.2) is 44.3 Å². The fourth-order valence-electron chi connectivity index (χ4n) is 4.18. The monoisotopic (exact) mass is 637 g/mol. The molecule has 0 aromatic heterocycles. The summed E-state index contributed by atoms with van der Waals surface area (Å²) < 4.78 is 28.9. The summed E-state index contributed by atoms with van der Waals surface area (Å²) in [5, 5.41) is 3.80. The highest BCUT2D eigenvalue weighted by atomic mass is 35.5. The molecule has 0 aliphatic rings. The number of aryl methyl sites for hydroxylation is 1. The maximum absolute atomic E-state index is 14.1. The molecule has 0 unspecified atom stereocenters. The van der Waals surface area contributed by atoms with Gasteiger partial charge < -0.3 is 10.2 Å². The molecule has 7 nitrogen and oxygen atoms in total. The maximum Gasteiger partial charge on any atom is 0.264 e. The molecule has 0 radical (unpaired) electrons. The Bertz CT molecular complexity index is 1480. The number of para-hydroxylation sites is 1. The fraction of sp³-hybridized carbons (Fsp3) is 0.333. The lowest BCUT2D eigenvalue weighted by Gasteiger charge is -2.33. The van der Waals surface area contributed by atoms with E-state index in [9.17, 15) is 18.0 Å². The Balaban J connectivity index is 2.08. The van der Waals surface area contributed by atoms with Crippen molar-refractivity contribution in [2.75, 3.05) is 17.4 Å². The molecule has 0 saturated heterocycles. The molecule has 0 saturated carbocycles. The maximum atomic E-state index is 14.1. The van der Waals surface area contributed by atoms with Crippen LogP contribution in [0.2, 0.25) is 15.1 Å². The molecule has 3 aromatic carbocycles. The highest BCUT2D eigenvalue weighted by Gasteiger charge is 2.34. The zero-order chi connectivity index (χ0) is 30.3. The van der Waals surface area contributed by atoms with Crippen molar-refractivity contribution >= 4 is 62.3 Å². The Morgan fingerprint density at radius 1 is 0.927 bits per heavy atom. The number of rotatable bonds is 12. The van der Waals surface area contributed by atoms with Crippen molar-refractivity contribution in [2.24, 2.45) is 5.92 Å². The summed E-state index contributed by atoms with van der Waals surface area (Å²) >= 11 is 19.0. The second-order valence-corrected chi connectivity index (χ2v) is 13.2. The quantitative estimate of drug-likeness (QED) is 0.238. The highest BCUT2D eigenvalue weighted by molar-refractivity contribution is 7.92. The smallest absolute Gasteiger partial charge is 0.264 e. The van der Waals surface area contributed by atoms with Gasteiger partial charge in [-0.2, -0.15) is 0 Å². The zero-order valence-electron chi connectivity index (χ0n) is 23.4. The number of anilines is 1. The van der Waals surface area contributed by atoms with Crippen molar-refractivity contribution in [3.8, 4) is 0 Å². The minimum atomic E-state index is -4.23. The van der Waals surface area contributed by atoms with Crippen LogP contribution in [0.4, 0.5) is 5.69 Å². The van der Waals surface area contributed by atoms with E-state index in [4.69, 9.17) is 34.8 Å². The molecular formula is C30H34Cl3N3O4S. The van der Waals surface area contributed by atoms with Gasteiger partial charge in [-0.3, -0.25) is 13.9 Å². The first-order chi connectivity index (χ1) is 19.3. The van der Waals surface area contributed by atoms with Crippen LogP contribution in [-0.2, 0) is 26.2 Å². The van der Waals surface area contributed by atoms with Crippen LogP contribution in [0, 0.1) is 12.8 Å². The Kier molecular flexibility index (Phi) is 11.5. The number of carbonyl (C=O) groups excluding carboxylic acids is 2. The summed E-state index contributed by atoms with van der Waals surface area (Å²) in [5.41, 5.74) is 1.59. The Morgan fingerprint density at radius 2 is 1.59 bits per heavy atom. The van der Waals surface area contributed by atoms with Gasteiger partial charge in [0.15, 0.2) is 0 Å². The van der Waals surface area contributed by atoms with Gasteiger partial charge >= 0.3 is 0 Å². The molecule has 0 aliphatic heterocycles. The summed E-state index contributed by atoms with van der Waals surface area (Å²) in [4.78, 5) is 28.8. The molecule has 41 heavy (non-hydrogen) atoms. The van der Waals surface area contributed by atoms with Crippen molar-refractivity contribution in [2.45, 2.75) is 51.6 Å². The first kappa shape index (κ1) is 32.7. The fourth-order valence-corrected chi connectivity index (χ4v) is 6.37. The number of sulfonamides is 1. The molecule has 220 valence electrons. The lowest BCUT2D eigenvalue weighted by atomic mass is 10.1. The van der Waals surface area contributed by atoms with Gasteiger partial charge in [0.25, 0.3) is 10.0 Å². The minimum absolute atomic E-state index is 0.00448. The van der Waals surface area contributed by atoms with Crippen molar-refractivity contribution in [1.82, 2.24) is 10.2 Å². The molecule has 0 spiro atoms. The van der Waals surface area contributed by atoms with Crippen molar-refractivity contribution < 1.29 is 18.0 Å². The number of hydrogen-bond acceptors (Lipinski definition) is 4. The number of benzene rings is 3. The molecule has 1 atom stereocenters. The summed E-state index contributed by atoms with van der Waals surface area (Å²) in [5.74, 6) is -0.745. The van der Waals surface area contributed by atoms with Crippen molar-refractivity contribution in [3.63, 3.8) is 0 Å². The van der Waals surface area contributed by atoms with Gasteiger partial charge in [-0.15, -0.1) is 0 Å². The SMILES string of the molecule is CC[C@H](C(=O)NCC(C)C)N(Cc1ccc(Cl)cc1Cl)C(=O)CN(c1ccccc1Cl)S(=O)(=O)c1ccc(C)cc1. The average molecular weight is 639 g/mol. The molecule has 0 bridgehead atoms. The van der Waals surface area contributed by atoms with Crippen LogP contribution in [0.25, 0.3) is 0 Å². The number of nitrogens with one attached hydrogen (secondary N) is 1. The highest BCUT2D eigenvalue weighted by Crippen LogP contribution is 2.31. The van der Waals surface area contributed by atoms with Gasteiger partial charge in [0.2, 0.25) is 11.8 Å². The Hall–Kier alpha value is -2.78. The molecular weight excluding hydrogens is 605 g/mol. The first-order valence-corrected chi connectivity index (χ1v) is 15.8. The Morgan fingerprint density at radius 3 is 2.17 bits per heavy atom. The van der Waals surface area contributed by atoms with Crippen LogP contribution in [0.3, 0.4) is 0 Å². The molecule has 3 aromatic rings. The molecule has 2 amide bonds. The van der Waals surface area contributed by atoms with Gasteiger partial charge in [0, 0.05) is 23.1 Å². The van der Waals surface area contributed by atoms with Crippen molar-refractivity contribution in [1.29, 1.82) is 0 Å². The average Bonchev–Trinajstić information content (AvgIpc) is 2.92. The molecule has 11 heteroatoms. The molecule has 0 aliphatic carbocycles. The van der Waals surface area contributed by atoms with Crippen molar-refractivity contribution in [3.05, 3.63) is 92.9 Å². The predicted octanol–water partition coefficient (Wildman–Crippen LogP) is 6.73. The third kappa shape index (κ3) is 8.38. The van der Waals surface area contributed by atoms with E-state index in [-0.39, 0.29) is 40.4 Å². The second-order valence-electron chi connectivity index (χ2n) is 10.1. The van der Waals surface area contributed by atoms with E-state index >= 15 is 0 Å². The summed E-state index contributed by atoms with van der Waals surface area (Å²) in [6.07, 6.45) is 0.289. The zero-order valence-corrected chi connectivity index (χ0v) is 26.5. The number of hydrogen-bond donors (Lipinski definition) is 1. The van der Waals surface area contributed by atoms with Crippen LogP contribution >= 0.6 is 34.8 Å². The van der Waals surface area contributed by atoms with Gasteiger partial charge in [-0.1, -0.05) is 91.5 Å². The predicted molar refractivity (Wildman–Crippen MR) is 166 cm³/mol. The number of carbonyl (C=O) groups is 2. The molecule has 0 fully saturated rings. The third-order valence-electron chi connectivity index (χ3n) is 6.44. The number of halogens is 3. The first-order valence-electron chi connectivity index (χ1n) is 13.2. The van der Waals surface area contributed by atoms with Gasteiger partial charge in [0.05, 0.1) is 15.6 Å². The van der Waals surface area contributed by atoms with Crippen LogP contribution in [0.5, 0.6) is 0 Å². The largest absolute Gasteiger partial charge is 0.354 e. The van der Waals surface area contributed by atoms with E-state index in [0.717, 1.165) is 9.87 Å². The summed E-state index contributed by atoms with van der Waals surface area (Å²) in [6.45, 7) is 7.36. The van der Waals surface area contributed by atoms with E-state index < -0.39 is 28.5 Å². The van der Waals surface area contributed by atoms with E-state index in [0.29, 0.717) is 22.2 Å². The van der Waals surface area contributed by atoms with Crippen LogP contribution in [0.1, 0.15) is 38.3 Å². The topological polar surface area (TPSA) is 86.8 Å². The minimum Gasteiger partial charge on any atom is -0.354 e. The molecule has 1 N–H and O–H groups in total. The van der Waals surface area contributed by atoms with Gasteiger partial charge in [-0.25, -0.2) is 8.42 Å². The van der Waals surface area contributed by atoms with Crippen LogP contribution < -0.4 is 9.62 Å². The van der Waals surface area contributed by atoms with Gasteiger partial charge in [0.1, 0.15) is 12.6 Å². The van der Waals surface area contributed by atoms with E-state index in [1.54, 1.807) is 55.5 Å². The lowest BCUT2D eigenvalue weighted by Crippen LogP contribution is -2.52. The summed E-state index contributed by atoms with van der Waals surface area (Å²) in [7, 11) is -4.23. The Labute approximate surface area is 257 Å². The van der Waals surface area contributed by atoms with Gasteiger partial charge in [-0.05, 0) is 61.2 Å². The van der Waals surface area contributed by atoms with Crippen LogP contribution in [0.15, 0.2) is 71.6 Å². The number of nitrogens with zero attached hydrogens (tertiary/aromatic N) is 2. The molecule has 3 rings (SSSR count). The van der Waals surface area contributed by atoms with E-state index in [1.165, 1.54) is 23.1 Å². The molecule has 0 heterocycles. The van der Waals surface area contributed by atoms with E-state index in [2.05, 4.69) is 5.32 Å². The standard InChI is InChI=1S/C30H34Cl3N3O4S/c1-5-27(30(38)34-17-20(2)3)35(18-22-12-13-23(31)16-26(22)33)29(37)19-36(28-9-7-6-8-25(28)32)41(39,40)24-14-10-21(4)11-15-24/h6-16,20,27H,5,17-19H2,1-4H3,(H,34,38)/t27-/m1/s1. The third-order valence-corrected chi connectivity index (χ3v) is 9.12. The number of amides is 2. The second kappa shape index (κ2) is 14.4.